The molecule has 0 spiro atoms. The minimum absolute atomic E-state index is 0. The standard InChI is InChI=1S/C19H24N2.ClH/c1-21-18(14-17-11-5-6-12-19(17)21)15-20-13-7-10-16-8-3-2-4-9-16;/h5-7,10-12,14-16H,2-4,8-9,13H2,1H3;1H/b10-7+,20-15?;. The van der Waals surface area contributed by atoms with Crippen LogP contribution in [0.25, 0.3) is 10.9 Å². The second-order valence-corrected chi connectivity index (χ2v) is 6.01. The summed E-state index contributed by atoms with van der Waals surface area (Å²) in [6.45, 7) is 0.790. The SMILES string of the molecule is Cl.Cn1c(C=NC/C=C/C2CCCCC2)cc2ccccc21. The van der Waals surface area contributed by atoms with Gasteiger partial charge < -0.3 is 4.57 Å². The number of allylic oxidation sites excluding steroid dienone is 1. The Balaban J connectivity index is 0.00000176. The maximum absolute atomic E-state index is 4.55. The normalized spacial score (nSPS) is 16.6. The summed E-state index contributed by atoms with van der Waals surface area (Å²) in [7, 11) is 2.10. The lowest BCUT2D eigenvalue weighted by Gasteiger charge is -2.17. The molecule has 1 fully saturated rings. The number of fused-ring (bicyclic) bond motifs is 1. The van der Waals surface area contributed by atoms with Gasteiger partial charge in [-0.1, -0.05) is 49.6 Å². The van der Waals surface area contributed by atoms with Crippen LogP contribution in [0.1, 0.15) is 37.8 Å². The summed E-state index contributed by atoms with van der Waals surface area (Å²) in [6.07, 6.45) is 13.5. The Morgan fingerprint density at radius 1 is 1.18 bits per heavy atom. The van der Waals surface area contributed by atoms with E-state index in [1.807, 2.05) is 6.21 Å². The van der Waals surface area contributed by atoms with Gasteiger partial charge in [0.2, 0.25) is 0 Å². The minimum atomic E-state index is 0. The van der Waals surface area contributed by atoms with E-state index in [0.717, 1.165) is 12.5 Å². The Hall–Kier alpha value is -1.54. The molecule has 0 radical (unpaired) electrons. The third kappa shape index (κ3) is 4.01. The smallest absolute Gasteiger partial charge is 0.0596 e. The summed E-state index contributed by atoms with van der Waals surface area (Å²) in [5.41, 5.74) is 2.43. The van der Waals surface area contributed by atoms with Crippen LogP contribution in [-0.2, 0) is 7.05 Å². The lowest BCUT2D eigenvalue weighted by molar-refractivity contribution is 0.419. The summed E-state index contributed by atoms with van der Waals surface area (Å²) in [6, 6.07) is 10.7. The number of nitrogens with zero attached hydrogens (tertiary/aromatic N) is 2. The van der Waals surface area contributed by atoms with Gasteiger partial charge in [0.05, 0.1) is 12.2 Å². The van der Waals surface area contributed by atoms with Gasteiger partial charge in [0, 0.05) is 24.2 Å². The molecule has 0 aliphatic heterocycles. The molecule has 0 N–H and O–H groups in total. The zero-order chi connectivity index (χ0) is 14.5. The average molecular weight is 317 g/mol. The Morgan fingerprint density at radius 2 is 1.95 bits per heavy atom. The van der Waals surface area contributed by atoms with E-state index in [9.17, 15) is 0 Å². The van der Waals surface area contributed by atoms with Gasteiger partial charge in [-0.2, -0.15) is 0 Å². The van der Waals surface area contributed by atoms with Crippen LogP contribution >= 0.6 is 12.4 Å². The Labute approximate surface area is 139 Å². The molecule has 1 heterocycles. The molecule has 1 aliphatic carbocycles. The first kappa shape index (κ1) is 16.8. The van der Waals surface area contributed by atoms with Gasteiger partial charge in [0.1, 0.15) is 0 Å². The molecule has 0 bridgehead atoms. The van der Waals surface area contributed by atoms with Gasteiger partial charge in [-0.05, 0) is 30.9 Å². The van der Waals surface area contributed by atoms with Crippen molar-refractivity contribution in [3.05, 3.63) is 48.2 Å². The number of aromatic nitrogens is 1. The van der Waals surface area contributed by atoms with Crippen molar-refractivity contribution in [2.24, 2.45) is 18.0 Å². The van der Waals surface area contributed by atoms with E-state index in [0.29, 0.717) is 0 Å². The van der Waals surface area contributed by atoms with Crippen LogP contribution in [-0.4, -0.2) is 17.3 Å². The first-order chi connectivity index (χ1) is 10.3. The monoisotopic (exact) mass is 316 g/mol. The van der Waals surface area contributed by atoms with Crippen molar-refractivity contribution >= 4 is 29.5 Å². The molecular weight excluding hydrogens is 292 g/mol. The highest BCUT2D eigenvalue weighted by Crippen LogP contribution is 2.24. The number of hydrogen-bond acceptors (Lipinski definition) is 1. The topological polar surface area (TPSA) is 17.3 Å². The van der Waals surface area contributed by atoms with Crippen molar-refractivity contribution in [3.8, 4) is 0 Å². The van der Waals surface area contributed by atoms with Crippen molar-refractivity contribution < 1.29 is 0 Å². The van der Waals surface area contributed by atoms with E-state index < -0.39 is 0 Å². The van der Waals surface area contributed by atoms with Crippen LogP contribution in [0.2, 0.25) is 0 Å². The molecule has 3 heteroatoms. The Kier molecular flexibility index (Phi) is 6.26. The first-order valence-electron chi connectivity index (χ1n) is 8.05. The molecule has 1 aromatic heterocycles. The molecule has 1 aromatic carbocycles. The van der Waals surface area contributed by atoms with E-state index in [-0.39, 0.29) is 12.4 Å². The molecule has 22 heavy (non-hydrogen) atoms. The summed E-state index contributed by atoms with van der Waals surface area (Å²) >= 11 is 0. The number of rotatable bonds is 4. The quantitative estimate of drug-likeness (QED) is 0.548. The van der Waals surface area contributed by atoms with Crippen molar-refractivity contribution in [1.82, 2.24) is 4.57 Å². The number of benzene rings is 1. The molecule has 2 aromatic rings. The van der Waals surface area contributed by atoms with Gasteiger partial charge in [0.25, 0.3) is 0 Å². The van der Waals surface area contributed by atoms with Crippen molar-refractivity contribution in [1.29, 1.82) is 0 Å². The minimum Gasteiger partial charge on any atom is -0.343 e. The summed E-state index contributed by atoms with van der Waals surface area (Å²) < 4.78 is 2.20. The maximum atomic E-state index is 4.55. The molecule has 3 rings (SSSR count). The van der Waals surface area contributed by atoms with Crippen LogP contribution in [0.15, 0.2) is 47.5 Å². The molecule has 0 atom stereocenters. The number of hydrogen-bond donors (Lipinski definition) is 0. The predicted octanol–water partition coefficient (Wildman–Crippen LogP) is 5.16. The van der Waals surface area contributed by atoms with Gasteiger partial charge in [-0.3, -0.25) is 4.99 Å². The fraction of sp³-hybridized carbons (Fsp3) is 0.421. The van der Waals surface area contributed by atoms with Crippen LogP contribution in [0.3, 0.4) is 0 Å². The van der Waals surface area contributed by atoms with Crippen LogP contribution in [0.4, 0.5) is 0 Å². The zero-order valence-electron chi connectivity index (χ0n) is 13.2. The lowest BCUT2D eigenvalue weighted by atomic mass is 9.89. The van der Waals surface area contributed by atoms with E-state index in [2.05, 4.69) is 59.1 Å². The summed E-state index contributed by atoms with van der Waals surface area (Å²) in [5.74, 6) is 0.798. The molecular formula is C19H25ClN2. The van der Waals surface area contributed by atoms with E-state index in [1.165, 1.54) is 48.7 Å². The van der Waals surface area contributed by atoms with Gasteiger partial charge in [-0.25, -0.2) is 0 Å². The fourth-order valence-corrected chi connectivity index (χ4v) is 3.22. The number of aryl methyl sites for hydroxylation is 1. The van der Waals surface area contributed by atoms with E-state index >= 15 is 0 Å². The number of halogens is 1. The molecule has 0 unspecified atom stereocenters. The first-order valence-corrected chi connectivity index (χ1v) is 8.05. The van der Waals surface area contributed by atoms with E-state index in [4.69, 9.17) is 0 Å². The second-order valence-electron chi connectivity index (χ2n) is 6.01. The van der Waals surface area contributed by atoms with Gasteiger partial charge >= 0.3 is 0 Å². The molecule has 0 saturated heterocycles. The fourth-order valence-electron chi connectivity index (χ4n) is 3.22. The molecule has 2 nitrogen and oxygen atoms in total. The van der Waals surface area contributed by atoms with Crippen molar-refractivity contribution in [3.63, 3.8) is 0 Å². The lowest BCUT2D eigenvalue weighted by Crippen LogP contribution is -2.02. The van der Waals surface area contributed by atoms with Crippen LogP contribution in [0, 0.1) is 5.92 Å². The van der Waals surface area contributed by atoms with Crippen molar-refractivity contribution in [2.75, 3.05) is 6.54 Å². The largest absolute Gasteiger partial charge is 0.343 e. The van der Waals surface area contributed by atoms with Gasteiger partial charge in [-0.15, -0.1) is 12.4 Å². The predicted molar refractivity (Wildman–Crippen MR) is 98.3 cm³/mol. The van der Waals surface area contributed by atoms with Crippen LogP contribution in [0.5, 0.6) is 0 Å². The summed E-state index contributed by atoms with van der Waals surface area (Å²) in [4.78, 5) is 4.55. The maximum Gasteiger partial charge on any atom is 0.0596 e. The Bertz CT molecular complexity index is 648. The highest BCUT2D eigenvalue weighted by molar-refractivity contribution is 5.90. The highest BCUT2D eigenvalue weighted by Gasteiger charge is 2.09. The molecule has 1 aliphatic rings. The zero-order valence-corrected chi connectivity index (χ0v) is 14.1. The third-order valence-electron chi connectivity index (χ3n) is 4.48. The second kappa shape index (κ2) is 8.19. The number of aliphatic imine (C=N–C) groups is 1. The van der Waals surface area contributed by atoms with Gasteiger partial charge in [0.15, 0.2) is 0 Å². The number of para-hydroxylation sites is 1. The Morgan fingerprint density at radius 3 is 2.73 bits per heavy atom. The van der Waals surface area contributed by atoms with Crippen molar-refractivity contribution in [2.45, 2.75) is 32.1 Å². The average Bonchev–Trinajstić information content (AvgIpc) is 2.85. The van der Waals surface area contributed by atoms with Crippen LogP contribution < -0.4 is 0 Å². The summed E-state index contributed by atoms with van der Waals surface area (Å²) in [5, 5.41) is 1.28. The van der Waals surface area contributed by atoms with E-state index in [1.54, 1.807) is 0 Å². The molecule has 1 saturated carbocycles. The highest BCUT2D eigenvalue weighted by atomic mass is 35.5. The molecule has 118 valence electrons. The molecule has 0 amide bonds. The third-order valence-corrected chi connectivity index (χ3v) is 4.48.